The third-order valence-electron chi connectivity index (χ3n) is 2.88. The number of nitrogens with two attached hydrogens (primary N) is 1. The van der Waals surface area contributed by atoms with Crippen molar-refractivity contribution < 1.29 is 0 Å². The Morgan fingerprint density at radius 3 is 2.37 bits per heavy atom. The van der Waals surface area contributed by atoms with Crippen LogP contribution in [0.15, 0.2) is 42.5 Å². The molecule has 0 aliphatic rings. The van der Waals surface area contributed by atoms with Crippen LogP contribution in [0, 0.1) is 0 Å². The first-order valence-corrected chi connectivity index (χ1v) is 6.77. The molecule has 0 fully saturated rings. The Morgan fingerprint density at radius 2 is 1.68 bits per heavy atom. The molecule has 0 radical (unpaired) electrons. The fraction of sp³-hybridized carbons (Fsp3) is 0.200. The first-order valence-electron chi connectivity index (χ1n) is 6.01. The smallest absolute Gasteiger partial charge is 0.0452 e. The van der Waals surface area contributed by atoms with Crippen LogP contribution in [0.5, 0.6) is 0 Å². The van der Waals surface area contributed by atoms with Crippen molar-refractivity contribution >= 4 is 28.9 Å². The maximum Gasteiger partial charge on any atom is 0.0452 e. The van der Waals surface area contributed by atoms with E-state index >= 15 is 0 Å². The van der Waals surface area contributed by atoms with Crippen LogP contribution in [0.3, 0.4) is 0 Å². The molecule has 4 heteroatoms. The van der Waals surface area contributed by atoms with Crippen molar-refractivity contribution in [3.63, 3.8) is 0 Å². The first kappa shape index (κ1) is 14.2. The lowest BCUT2D eigenvalue weighted by atomic mass is 10.1. The lowest BCUT2D eigenvalue weighted by molar-refractivity contribution is 0.319. The SMILES string of the molecule is CN(Cc1ccc(Cl)cc1)Cc1cc(N)ccc1Cl. The second kappa shape index (κ2) is 6.29. The van der Waals surface area contributed by atoms with Gasteiger partial charge in [-0.25, -0.2) is 0 Å². The molecule has 0 saturated heterocycles. The van der Waals surface area contributed by atoms with Gasteiger partial charge in [-0.1, -0.05) is 35.3 Å². The van der Waals surface area contributed by atoms with Gasteiger partial charge >= 0.3 is 0 Å². The van der Waals surface area contributed by atoms with Gasteiger partial charge in [-0.15, -0.1) is 0 Å². The summed E-state index contributed by atoms with van der Waals surface area (Å²) in [6.45, 7) is 1.59. The summed E-state index contributed by atoms with van der Waals surface area (Å²) in [5, 5.41) is 1.50. The summed E-state index contributed by atoms with van der Waals surface area (Å²) in [5.74, 6) is 0. The first-order chi connectivity index (χ1) is 9.04. The molecule has 2 nitrogen and oxygen atoms in total. The van der Waals surface area contributed by atoms with Gasteiger partial charge in [0.25, 0.3) is 0 Å². The summed E-state index contributed by atoms with van der Waals surface area (Å²) in [6.07, 6.45) is 0. The molecule has 0 aliphatic heterocycles. The van der Waals surface area contributed by atoms with E-state index in [1.165, 1.54) is 5.56 Å². The topological polar surface area (TPSA) is 29.3 Å². The molecular weight excluding hydrogens is 279 g/mol. The van der Waals surface area contributed by atoms with Gasteiger partial charge in [-0.2, -0.15) is 0 Å². The minimum Gasteiger partial charge on any atom is -0.399 e. The lowest BCUT2D eigenvalue weighted by Crippen LogP contribution is -2.17. The summed E-state index contributed by atoms with van der Waals surface area (Å²) >= 11 is 12.0. The predicted octanol–water partition coefficient (Wildman–Crippen LogP) is 4.21. The fourth-order valence-corrected chi connectivity index (χ4v) is 2.27. The normalized spacial score (nSPS) is 10.9. The zero-order valence-electron chi connectivity index (χ0n) is 10.7. The molecule has 2 N–H and O–H groups in total. The number of hydrogen-bond acceptors (Lipinski definition) is 2. The van der Waals surface area contributed by atoms with Crippen LogP contribution in [-0.2, 0) is 13.1 Å². The molecule has 0 saturated carbocycles. The Kier molecular flexibility index (Phi) is 4.70. The average Bonchev–Trinajstić information content (AvgIpc) is 2.37. The molecule has 0 unspecified atom stereocenters. The molecular formula is C15H16Cl2N2. The number of hydrogen-bond donors (Lipinski definition) is 1. The molecule has 0 amide bonds. The van der Waals surface area contributed by atoms with Gasteiger partial charge in [0.15, 0.2) is 0 Å². The van der Waals surface area contributed by atoms with E-state index in [1.807, 2.05) is 49.5 Å². The molecule has 0 spiro atoms. The highest BCUT2D eigenvalue weighted by molar-refractivity contribution is 6.31. The largest absolute Gasteiger partial charge is 0.399 e. The number of rotatable bonds is 4. The molecule has 19 heavy (non-hydrogen) atoms. The van der Waals surface area contributed by atoms with Crippen LogP contribution in [-0.4, -0.2) is 11.9 Å². The van der Waals surface area contributed by atoms with Crippen LogP contribution in [0.25, 0.3) is 0 Å². The Morgan fingerprint density at radius 1 is 1.00 bits per heavy atom. The summed E-state index contributed by atoms with van der Waals surface area (Å²) in [4.78, 5) is 2.18. The third-order valence-corrected chi connectivity index (χ3v) is 3.50. The zero-order valence-corrected chi connectivity index (χ0v) is 12.2. The van der Waals surface area contributed by atoms with Gasteiger partial charge in [-0.3, -0.25) is 4.90 Å². The zero-order chi connectivity index (χ0) is 13.8. The highest BCUT2D eigenvalue weighted by Crippen LogP contribution is 2.21. The van der Waals surface area contributed by atoms with E-state index in [4.69, 9.17) is 28.9 Å². The number of anilines is 1. The number of halogens is 2. The predicted molar refractivity (Wildman–Crippen MR) is 82.5 cm³/mol. The maximum absolute atomic E-state index is 6.16. The molecule has 0 aromatic heterocycles. The summed E-state index contributed by atoms with van der Waals surface area (Å²) < 4.78 is 0. The Labute approximate surface area is 123 Å². The highest BCUT2D eigenvalue weighted by Gasteiger charge is 2.06. The molecule has 0 bridgehead atoms. The third kappa shape index (κ3) is 4.13. The van der Waals surface area contributed by atoms with E-state index < -0.39 is 0 Å². The highest BCUT2D eigenvalue weighted by atomic mass is 35.5. The average molecular weight is 295 g/mol. The maximum atomic E-state index is 6.16. The summed E-state index contributed by atoms with van der Waals surface area (Å²) in [7, 11) is 2.05. The van der Waals surface area contributed by atoms with Gasteiger partial charge in [0.1, 0.15) is 0 Å². The van der Waals surface area contributed by atoms with E-state index in [1.54, 1.807) is 0 Å². The molecule has 2 aromatic rings. The van der Waals surface area contributed by atoms with Crippen LogP contribution in [0.4, 0.5) is 5.69 Å². The number of benzene rings is 2. The fourth-order valence-electron chi connectivity index (χ4n) is 1.96. The standard InChI is InChI=1S/C15H16Cl2N2/c1-19(9-11-2-4-13(16)5-3-11)10-12-8-14(18)6-7-15(12)17/h2-8H,9-10,18H2,1H3. The quantitative estimate of drug-likeness (QED) is 0.856. The van der Waals surface area contributed by atoms with E-state index in [0.717, 1.165) is 34.4 Å². The van der Waals surface area contributed by atoms with Crippen molar-refractivity contribution in [1.82, 2.24) is 4.90 Å². The van der Waals surface area contributed by atoms with Crippen molar-refractivity contribution in [2.75, 3.05) is 12.8 Å². The van der Waals surface area contributed by atoms with Crippen LogP contribution in [0.2, 0.25) is 10.0 Å². The Bertz CT molecular complexity index is 553. The van der Waals surface area contributed by atoms with Crippen LogP contribution >= 0.6 is 23.2 Å². The van der Waals surface area contributed by atoms with Gasteiger partial charge < -0.3 is 5.73 Å². The van der Waals surface area contributed by atoms with Crippen molar-refractivity contribution in [3.8, 4) is 0 Å². The van der Waals surface area contributed by atoms with E-state index in [0.29, 0.717) is 0 Å². The Hall–Kier alpha value is -1.22. The minimum atomic E-state index is 0.735. The molecule has 2 aromatic carbocycles. The second-order valence-corrected chi connectivity index (χ2v) is 5.49. The molecule has 0 heterocycles. The van der Waals surface area contributed by atoms with E-state index in [2.05, 4.69) is 4.90 Å². The van der Waals surface area contributed by atoms with Crippen molar-refractivity contribution in [1.29, 1.82) is 0 Å². The van der Waals surface area contributed by atoms with Gasteiger partial charge in [0.2, 0.25) is 0 Å². The van der Waals surface area contributed by atoms with Crippen molar-refractivity contribution in [2.24, 2.45) is 0 Å². The monoisotopic (exact) mass is 294 g/mol. The van der Waals surface area contributed by atoms with Crippen LogP contribution in [0.1, 0.15) is 11.1 Å². The molecule has 0 aliphatic carbocycles. The Balaban J connectivity index is 2.02. The van der Waals surface area contributed by atoms with Crippen molar-refractivity contribution in [3.05, 3.63) is 63.6 Å². The molecule has 0 atom stereocenters. The van der Waals surface area contributed by atoms with Gasteiger partial charge in [0, 0.05) is 28.8 Å². The summed E-state index contributed by atoms with van der Waals surface area (Å²) in [5.41, 5.74) is 8.77. The van der Waals surface area contributed by atoms with Crippen LogP contribution < -0.4 is 5.73 Å². The lowest BCUT2D eigenvalue weighted by Gasteiger charge is -2.18. The summed E-state index contributed by atoms with van der Waals surface area (Å²) in [6, 6.07) is 13.4. The van der Waals surface area contributed by atoms with E-state index in [9.17, 15) is 0 Å². The molecule has 2 rings (SSSR count). The molecule has 100 valence electrons. The minimum absolute atomic E-state index is 0.735. The number of nitrogens with zero attached hydrogens (tertiary/aromatic N) is 1. The van der Waals surface area contributed by atoms with E-state index in [-0.39, 0.29) is 0 Å². The second-order valence-electron chi connectivity index (χ2n) is 4.65. The number of nitrogen functional groups attached to an aromatic ring is 1. The van der Waals surface area contributed by atoms with Gasteiger partial charge in [0.05, 0.1) is 0 Å². The van der Waals surface area contributed by atoms with Crippen molar-refractivity contribution in [2.45, 2.75) is 13.1 Å². The van der Waals surface area contributed by atoms with Gasteiger partial charge in [-0.05, 0) is 48.5 Å².